The maximum atomic E-state index is 4.03. The van der Waals surface area contributed by atoms with Crippen molar-refractivity contribution in [3.05, 3.63) is 35.4 Å². The van der Waals surface area contributed by atoms with Crippen molar-refractivity contribution in [1.29, 1.82) is 0 Å². The second-order valence-corrected chi connectivity index (χ2v) is 7.68. The van der Waals surface area contributed by atoms with Crippen molar-refractivity contribution in [2.75, 3.05) is 11.5 Å². The molecule has 0 spiro atoms. The van der Waals surface area contributed by atoms with Gasteiger partial charge in [0.05, 0.1) is 0 Å². The molecule has 0 aromatic heterocycles. The van der Waals surface area contributed by atoms with E-state index in [1.54, 1.807) is 11.1 Å². The molecule has 1 aliphatic heterocycles. The van der Waals surface area contributed by atoms with Crippen LogP contribution in [-0.2, 0) is 12.8 Å². The minimum Gasteiger partial charge on any atom is -0.310 e. The summed E-state index contributed by atoms with van der Waals surface area (Å²) in [7, 11) is 0. The molecule has 19 heavy (non-hydrogen) atoms. The molecule has 1 N–H and O–H groups in total. The first-order valence-electron chi connectivity index (χ1n) is 7.81. The van der Waals surface area contributed by atoms with E-state index in [4.69, 9.17) is 0 Å². The SMILES string of the molecule is c1ccc2c(c1)CC1CCC(C2)C1NC1CCSC1. The van der Waals surface area contributed by atoms with Crippen molar-refractivity contribution in [1.82, 2.24) is 5.32 Å². The molecule has 3 unspecified atom stereocenters. The van der Waals surface area contributed by atoms with Crippen LogP contribution >= 0.6 is 11.8 Å². The molecule has 2 bridgehead atoms. The van der Waals surface area contributed by atoms with Crippen molar-refractivity contribution in [3.8, 4) is 0 Å². The van der Waals surface area contributed by atoms with Crippen LogP contribution in [0.3, 0.4) is 0 Å². The lowest BCUT2D eigenvalue weighted by Gasteiger charge is -2.27. The molecule has 102 valence electrons. The Kier molecular flexibility index (Phi) is 3.32. The summed E-state index contributed by atoms with van der Waals surface area (Å²) in [6.07, 6.45) is 6.88. The fourth-order valence-corrected chi connectivity index (χ4v) is 5.53. The van der Waals surface area contributed by atoms with Crippen LogP contribution in [0.15, 0.2) is 24.3 Å². The second kappa shape index (κ2) is 5.14. The van der Waals surface area contributed by atoms with Gasteiger partial charge < -0.3 is 5.32 Å². The highest BCUT2D eigenvalue weighted by Crippen LogP contribution is 2.40. The minimum absolute atomic E-state index is 0.788. The Labute approximate surface area is 120 Å². The molecule has 1 aromatic carbocycles. The largest absolute Gasteiger partial charge is 0.310 e. The maximum Gasteiger partial charge on any atom is 0.0168 e. The molecule has 2 heteroatoms. The first-order chi connectivity index (χ1) is 9.40. The van der Waals surface area contributed by atoms with Gasteiger partial charge in [-0.15, -0.1) is 0 Å². The molecule has 2 aliphatic carbocycles. The Morgan fingerprint density at radius 1 is 0.947 bits per heavy atom. The highest BCUT2D eigenvalue weighted by Gasteiger charge is 2.39. The number of hydrogen-bond acceptors (Lipinski definition) is 2. The number of rotatable bonds is 2. The van der Waals surface area contributed by atoms with Gasteiger partial charge in [-0.3, -0.25) is 0 Å². The molecule has 1 aromatic rings. The fraction of sp³-hybridized carbons (Fsp3) is 0.647. The molecule has 0 radical (unpaired) electrons. The van der Waals surface area contributed by atoms with E-state index in [9.17, 15) is 0 Å². The Morgan fingerprint density at radius 2 is 1.63 bits per heavy atom. The standard InChI is InChI=1S/C17H23NS/c1-2-4-13-10-15-6-5-14(9-12(13)3-1)17(15)18-16-7-8-19-11-16/h1-4,14-18H,5-11H2. The van der Waals surface area contributed by atoms with Gasteiger partial charge in [-0.25, -0.2) is 0 Å². The Morgan fingerprint density at radius 3 is 2.21 bits per heavy atom. The Hall–Kier alpha value is -0.470. The zero-order valence-electron chi connectivity index (χ0n) is 11.5. The average molecular weight is 273 g/mol. The van der Waals surface area contributed by atoms with Gasteiger partial charge in [0.1, 0.15) is 0 Å². The summed E-state index contributed by atoms with van der Waals surface area (Å²) in [6, 6.07) is 10.7. The number of nitrogens with one attached hydrogen (secondary N) is 1. The van der Waals surface area contributed by atoms with E-state index in [1.807, 2.05) is 0 Å². The second-order valence-electron chi connectivity index (χ2n) is 6.53. The summed E-state index contributed by atoms with van der Waals surface area (Å²) < 4.78 is 0. The lowest BCUT2D eigenvalue weighted by Crippen LogP contribution is -2.44. The number of benzene rings is 1. The lowest BCUT2D eigenvalue weighted by molar-refractivity contribution is 0.315. The highest BCUT2D eigenvalue weighted by atomic mass is 32.2. The third-order valence-corrected chi connectivity index (χ3v) is 6.53. The van der Waals surface area contributed by atoms with Crippen molar-refractivity contribution < 1.29 is 0 Å². The topological polar surface area (TPSA) is 12.0 Å². The molecular formula is C17H23NS. The number of fused-ring (bicyclic) bond motifs is 3. The molecule has 1 heterocycles. The first-order valence-corrected chi connectivity index (χ1v) is 8.96. The van der Waals surface area contributed by atoms with E-state index in [1.165, 1.54) is 43.6 Å². The van der Waals surface area contributed by atoms with Crippen LogP contribution < -0.4 is 5.32 Å². The smallest absolute Gasteiger partial charge is 0.0168 e. The van der Waals surface area contributed by atoms with Gasteiger partial charge in [-0.2, -0.15) is 11.8 Å². The molecule has 1 saturated carbocycles. The summed E-state index contributed by atoms with van der Waals surface area (Å²) in [5.74, 6) is 4.47. The van der Waals surface area contributed by atoms with Gasteiger partial charge in [0.15, 0.2) is 0 Å². The lowest BCUT2D eigenvalue weighted by atomic mass is 9.94. The number of hydrogen-bond donors (Lipinski definition) is 1. The summed E-state index contributed by atoms with van der Waals surface area (Å²) in [4.78, 5) is 0. The van der Waals surface area contributed by atoms with E-state index in [0.717, 1.165) is 23.9 Å². The van der Waals surface area contributed by atoms with Crippen LogP contribution in [-0.4, -0.2) is 23.6 Å². The summed E-state index contributed by atoms with van der Waals surface area (Å²) >= 11 is 2.12. The molecular weight excluding hydrogens is 250 g/mol. The summed E-state index contributed by atoms with van der Waals surface area (Å²) in [6.45, 7) is 0. The van der Waals surface area contributed by atoms with Crippen LogP contribution in [0, 0.1) is 11.8 Å². The van der Waals surface area contributed by atoms with Gasteiger partial charge in [0.2, 0.25) is 0 Å². The van der Waals surface area contributed by atoms with E-state index in [-0.39, 0.29) is 0 Å². The third-order valence-electron chi connectivity index (χ3n) is 5.36. The normalized spacial score (nSPS) is 37.1. The van der Waals surface area contributed by atoms with Gasteiger partial charge >= 0.3 is 0 Å². The van der Waals surface area contributed by atoms with Crippen molar-refractivity contribution in [2.24, 2.45) is 11.8 Å². The van der Waals surface area contributed by atoms with E-state index in [0.29, 0.717) is 0 Å². The van der Waals surface area contributed by atoms with Crippen molar-refractivity contribution in [3.63, 3.8) is 0 Å². The van der Waals surface area contributed by atoms with Crippen LogP contribution in [0.4, 0.5) is 0 Å². The minimum atomic E-state index is 0.788. The van der Waals surface area contributed by atoms with E-state index < -0.39 is 0 Å². The average Bonchev–Trinajstić information content (AvgIpc) is 2.99. The predicted molar refractivity (Wildman–Crippen MR) is 82.7 cm³/mol. The zero-order chi connectivity index (χ0) is 12.7. The molecule has 1 nitrogen and oxygen atoms in total. The van der Waals surface area contributed by atoms with Gasteiger partial charge in [-0.1, -0.05) is 24.3 Å². The highest BCUT2D eigenvalue weighted by molar-refractivity contribution is 7.99. The quantitative estimate of drug-likeness (QED) is 0.887. The van der Waals surface area contributed by atoms with Crippen LogP contribution in [0.2, 0.25) is 0 Å². The van der Waals surface area contributed by atoms with E-state index in [2.05, 4.69) is 41.3 Å². The Bertz CT molecular complexity index is 419. The summed E-state index contributed by atoms with van der Waals surface area (Å²) in [5.41, 5.74) is 3.25. The van der Waals surface area contributed by atoms with E-state index >= 15 is 0 Å². The first kappa shape index (κ1) is 12.3. The zero-order valence-corrected chi connectivity index (χ0v) is 12.3. The molecule has 2 fully saturated rings. The van der Waals surface area contributed by atoms with Crippen molar-refractivity contribution in [2.45, 2.75) is 44.2 Å². The molecule has 3 atom stereocenters. The number of thioether (sulfide) groups is 1. The van der Waals surface area contributed by atoms with Crippen LogP contribution in [0.5, 0.6) is 0 Å². The monoisotopic (exact) mass is 273 g/mol. The summed E-state index contributed by atoms with van der Waals surface area (Å²) in [5, 5.41) is 4.03. The van der Waals surface area contributed by atoms with Crippen molar-refractivity contribution >= 4 is 11.8 Å². The Balaban J connectivity index is 1.55. The third kappa shape index (κ3) is 2.34. The molecule has 4 rings (SSSR count). The van der Waals surface area contributed by atoms with Gasteiger partial charge in [-0.05, 0) is 60.8 Å². The van der Waals surface area contributed by atoms with Gasteiger partial charge in [0, 0.05) is 17.8 Å². The van der Waals surface area contributed by atoms with Gasteiger partial charge in [0.25, 0.3) is 0 Å². The molecule has 0 amide bonds. The predicted octanol–water partition coefficient (Wildman–Crippen LogP) is 3.28. The van der Waals surface area contributed by atoms with Crippen LogP contribution in [0.1, 0.15) is 30.4 Å². The van der Waals surface area contributed by atoms with Crippen LogP contribution in [0.25, 0.3) is 0 Å². The maximum absolute atomic E-state index is 4.03. The molecule has 3 aliphatic rings. The fourth-order valence-electron chi connectivity index (χ4n) is 4.36. The molecule has 1 saturated heterocycles.